The van der Waals surface area contributed by atoms with E-state index in [-0.39, 0.29) is 5.54 Å². The first-order valence-electron chi connectivity index (χ1n) is 7.47. The van der Waals surface area contributed by atoms with Crippen molar-refractivity contribution in [1.82, 2.24) is 0 Å². The van der Waals surface area contributed by atoms with Crippen LogP contribution in [0.2, 0.25) is 0 Å². The third-order valence-electron chi connectivity index (χ3n) is 4.82. The Bertz CT molecular complexity index is 365. The van der Waals surface area contributed by atoms with Gasteiger partial charge in [0, 0.05) is 11.2 Å². The van der Waals surface area contributed by atoms with Gasteiger partial charge in [-0.3, -0.25) is 0 Å². The van der Waals surface area contributed by atoms with E-state index in [9.17, 15) is 0 Å². The van der Waals surface area contributed by atoms with Crippen LogP contribution in [-0.4, -0.2) is 5.54 Å². The molecular weight excluding hydrogens is 218 g/mol. The molecule has 1 nitrogen and oxygen atoms in total. The maximum absolute atomic E-state index is 3.85. The minimum absolute atomic E-state index is 0.278. The zero-order chi connectivity index (χ0) is 13.2. The minimum atomic E-state index is 0.278. The van der Waals surface area contributed by atoms with Crippen molar-refractivity contribution in [2.24, 2.45) is 11.8 Å². The molecule has 0 fully saturated rings. The summed E-state index contributed by atoms with van der Waals surface area (Å²) in [6.45, 7) is 9.37. The molecule has 1 heterocycles. The summed E-state index contributed by atoms with van der Waals surface area (Å²) in [5, 5.41) is 3.85. The van der Waals surface area contributed by atoms with Gasteiger partial charge in [-0.15, -0.1) is 0 Å². The quantitative estimate of drug-likeness (QED) is 0.780. The predicted octanol–water partition coefficient (Wildman–Crippen LogP) is 4.88. The van der Waals surface area contributed by atoms with E-state index in [1.165, 1.54) is 36.9 Å². The normalized spacial score (nSPS) is 22.3. The molecule has 1 aliphatic rings. The van der Waals surface area contributed by atoms with Crippen LogP contribution >= 0.6 is 0 Å². The molecule has 0 spiro atoms. The first kappa shape index (κ1) is 13.5. The Labute approximate surface area is 112 Å². The summed E-state index contributed by atoms with van der Waals surface area (Å²) in [6.07, 6.45) is 5.08. The molecule has 100 valence electrons. The van der Waals surface area contributed by atoms with Gasteiger partial charge in [0.2, 0.25) is 0 Å². The number of rotatable bonds is 5. The molecule has 1 N–H and O–H groups in total. The number of nitrogens with one attached hydrogen (secondary N) is 1. The van der Waals surface area contributed by atoms with E-state index in [1.54, 1.807) is 0 Å². The Hall–Kier alpha value is -0.980. The number of para-hydroxylation sites is 1. The van der Waals surface area contributed by atoms with Crippen LogP contribution in [0.5, 0.6) is 0 Å². The third-order valence-corrected chi connectivity index (χ3v) is 4.82. The molecule has 0 saturated carbocycles. The fourth-order valence-electron chi connectivity index (χ4n) is 3.25. The number of hydrogen-bond donors (Lipinski definition) is 1. The minimum Gasteiger partial charge on any atom is -0.379 e. The maximum Gasteiger partial charge on any atom is 0.0440 e. The number of benzene rings is 1. The van der Waals surface area contributed by atoms with Gasteiger partial charge in [0.05, 0.1) is 0 Å². The monoisotopic (exact) mass is 245 g/mol. The van der Waals surface area contributed by atoms with E-state index in [0.29, 0.717) is 5.92 Å². The number of anilines is 1. The van der Waals surface area contributed by atoms with Crippen molar-refractivity contribution in [2.45, 2.75) is 58.9 Å². The molecule has 0 amide bonds. The van der Waals surface area contributed by atoms with Crippen LogP contribution in [0.3, 0.4) is 0 Å². The van der Waals surface area contributed by atoms with Crippen LogP contribution in [0.4, 0.5) is 5.69 Å². The summed E-state index contributed by atoms with van der Waals surface area (Å²) in [7, 11) is 0. The van der Waals surface area contributed by atoms with Gasteiger partial charge in [0.15, 0.2) is 0 Å². The molecule has 0 saturated heterocycles. The first-order chi connectivity index (χ1) is 8.61. The third kappa shape index (κ3) is 2.41. The Morgan fingerprint density at radius 3 is 2.39 bits per heavy atom. The molecule has 18 heavy (non-hydrogen) atoms. The summed E-state index contributed by atoms with van der Waals surface area (Å²) in [5.74, 6) is 1.51. The molecule has 1 aliphatic heterocycles. The van der Waals surface area contributed by atoms with Gasteiger partial charge >= 0.3 is 0 Å². The molecule has 1 aromatic carbocycles. The van der Waals surface area contributed by atoms with Crippen molar-refractivity contribution in [2.75, 3.05) is 5.32 Å². The lowest BCUT2D eigenvalue weighted by Crippen LogP contribution is -2.43. The molecule has 0 aromatic heterocycles. The highest BCUT2D eigenvalue weighted by Crippen LogP contribution is 2.41. The molecule has 0 bridgehead atoms. The lowest BCUT2D eigenvalue weighted by Gasteiger charge is -2.37. The maximum atomic E-state index is 3.85. The molecule has 1 aromatic rings. The largest absolute Gasteiger partial charge is 0.379 e. The van der Waals surface area contributed by atoms with Crippen molar-refractivity contribution < 1.29 is 0 Å². The zero-order valence-electron chi connectivity index (χ0n) is 12.3. The van der Waals surface area contributed by atoms with Crippen molar-refractivity contribution in [1.29, 1.82) is 0 Å². The standard InChI is InChI=1S/C17H27N/c1-5-14(6-2)11-17(13(3)4)12-15-9-7-8-10-16(15)18-17/h7-10,13-14,18H,5-6,11-12H2,1-4H3. The number of fused-ring (bicyclic) bond motifs is 1. The summed E-state index contributed by atoms with van der Waals surface area (Å²) in [6, 6.07) is 8.80. The van der Waals surface area contributed by atoms with Crippen molar-refractivity contribution in [3.8, 4) is 0 Å². The fraction of sp³-hybridized carbons (Fsp3) is 0.647. The van der Waals surface area contributed by atoms with Gasteiger partial charge in [-0.05, 0) is 36.3 Å². The summed E-state index contributed by atoms with van der Waals surface area (Å²) < 4.78 is 0. The SMILES string of the molecule is CCC(CC)CC1(C(C)C)Cc2ccccc2N1. The highest BCUT2D eigenvalue weighted by molar-refractivity contribution is 5.59. The Morgan fingerprint density at radius 1 is 1.17 bits per heavy atom. The summed E-state index contributed by atoms with van der Waals surface area (Å²) in [4.78, 5) is 0. The van der Waals surface area contributed by atoms with Crippen molar-refractivity contribution in [3.05, 3.63) is 29.8 Å². The van der Waals surface area contributed by atoms with Gasteiger partial charge in [-0.1, -0.05) is 58.7 Å². The van der Waals surface area contributed by atoms with Gasteiger partial charge in [0.1, 0.15) is 0 Å². The van der Waals surface area contributed by atoms with Crippen molar-refractivity contribution in [3.63, 3.8) is 0 Å². The lowest BCUT2D eigenvalue weighted by molar-refractivity contribution is 0.265. The van der Waals surface area contributed by atoms with Crippen LogP contribution < -0.4 is 5.32 Å². The van der Waals surface area contributed by atoms with E-state index in [4.69, 9.17) is 0 Å². The lowest BCUT2D eigenvalue weighted by atomic mass is 9.75. The second-order valence-electron chi connectivity index (χ2n) is 6.16. The highest BCUT2D eigenvalue weighted by Gasteiger charge is 2.40. The Morgan fingerprint density at radius 2 is 1.83 bits per heavy atom. The Balaban J connectivity index is 2.22. The first-order valence-corrected chi connectivity index (χ1v) is 7.47. The van der Waals surface area contributed by atoms with Crippen molar-refractivity contribution >= 4 is 5.69 Å². The van der Waals surface area contributed by atoms with E-state index >= 15 is 0 Å². The molecule has 1 atom stereocenters. The molecule has 0 aliphatic carbocycles. The zero-order valence-corrected chi connectivity index (χ0v) is 12.3. The highest BCUT2D eigenvalue weighted by atomic mass is 15.0. The van der Waals surface area contributed by atoms with Crippen LogP contribution in [-0.2, 0) is 6.42 Å². The fourth-order valence-corrected chi connectivity index (χ4v) is 3.25. The molecule has 1 heteroatoms. The van der Waals surface area contributed by atoms with Gasteiger partial charge in [-0.2, -0.15) is 0 Å². The number of hydrogen-bond acceptors (Lipinski definition) is 1. The second kappa shape index (κ2) is 5.34. The van der Waals surface area contributed by atoms with Gasteiger partial charge < -0.3 is 5.32 Å². The van der Waals surface area contributed by atoms with E-state index in [1.807, 2.05) is 0 Å². The van der Waals surface area contributed by atoms with Crippen LogP contribution in [0, 0.1) is 11.8 Å². The summed E-state index contributed by atoms with van der Waals surface area (Å²) in [5.41, 5.74) is 3.13. The van der Waals surface area contributed by atoms with Gasteiger partial charge in [0.25, 0.3) is 0 Å². The van der Waals surface area contributed by atoms with E-state index in [2.05, 4.69) is 57.3 Å². The van der Waals surface area contributed by atoms with Crippen LogP contribution in [0.15, 0.2) is 24.3 Å². The average Bonchev–Trinajstić information content (AvgIpc) is 2.75. The molecule has 1 unspecified atom stereocenters. The van der Waals surface area contributed by atoms with Crippen LogP contribution in [0.1, 0.15) is 52.5 Å². The topological polar surface area (TPSA) is 12.0 Å². The predicted molar refractivity (Wildman–Crippen MR) is 80.0 cm³/mol. The van der Waals surface area contributed by atoms with Gasteiger partial charge in [-0.25, -0.2) is 0 Å². The smallest absolute Gasteiger partial charge is 0.0440 e. The molecular formula is C17H27N. The van der Waals surface area contributed by atoms with Crippen LogP contribution in [0.25, 0.3) is 0 Å². The average molecular weight is 245 g/mol. The van der Waals surface area contributed by atoms with E-state index in [0.717, 1.165) is 5.92 Å². The Kier molecular flexibility index (Phi) is 3.99. The molecule has 0 radical (unpaired) electrons. The summed E-state index contributed by atoms with van der Waals surface area (Å²) >= 11 is 0. The molecule has 2 rings (SSSR count). The second-order valence-corrected chi connectivity index (χ2v) is 6.16. The van der Waals surface area contributed by atoms with E-state index < -0.39 is 0 Å².